The van der Waals surface area contributed by atoms with Gasteiger partial charge in [-0.2, -0.15) is 4.98 Å². The highest BCUT2D eigenvalue weighted by Crippen LogP contribution is 2.41. The highest BCUT2D eigenvalue weighted by atomic mass is 35.5. The topological polar surface area (TPSA) is 86.2 Å². The molecule has 30 heavy (non-hydrogen) atoms. The van der Waals surface area contributed by atoms with Crippen LogP contribution in [0, 0.1) is 11.5 Å². The Morgan fingerprint density at radius 1 is 1.37 bits per heavy atom. The second kappa shape index (κ2) is 8.69. The Balaban J connectivity index is 1.83. The van der Waals surface area contributed by atoms with E-state index in [1.807, 2.05) is 12.1 Å². The molecule has 0 aromatic carbocycles. The molecule has 4 heterocycles. The number of thiophene rings is 1. The zero-order chi connectivity index (χ0) is 21.3. The molecule has 1 fully saturated rings. The number of furan rings is 1. The molecule has 0 spiro atoms. The lowest BCUT2D eigenvalue weighted by atomic mass is 9.91. The molecule has 3 N–H and O–H groups in total. The Kier molecular flexibility index (Phi) is 6.18. The maximum Gasteiger partial charge on any atom is 0.225 e. The molecule has 6 nitrogen and oxygen atoms in total. The molecule has 2 atom stereocenters. The summed E-state index contributed by atoms with van der Waals surface area (Å²) in [7, 11) is -1.59. The molecule has 0 saturated carbocycles. The minimum Gasteiger partial charge on any atom is -0.467 e. The largest absolute Gasteiger partial charge is 0.467 e. The van der Waals surface area contributed by atoms with Gasteiger partial charge >= 0.3 is 0 Å². The van der Waals surface area contributed by atoms with E-state index in [1.54, 1.807) is 17.6 Å². The minimum atomic E-state index is -1.59. The monoisotopic (exact) mass is 460 g/mol. The van der Waals surface area contributed by atoms with Gasteiger partial charge in [-0.05, 0) is 30.2 Å². The van der Waals surface area contributed by atoms with Crippen LogP contribution in [0.25, 0.3) is 10.2 Å². The van der Waals surface area contributed by atoms with Gasteiger partial charge in [-0.1, -0.05) is 25.6 Å². The van der Waals surface area contributed by atoms with Crippen molar-refractivity contribution in [3.8, 4) is 11.5 Å². The number of anilines is 1. The predicted molar refractivity (Wildman–Crippen MR) is 125 cm³/mol. The molecule has 158 valence electrons. The molecule has 1 saturated heterocycles. The lowest BCUT2D eigenvalue weighted by Gasteiger charge is -2.28. The van der Waals surface area contributed by atoms with Crippen molar-refractivity contribution in [2.45, 2.75) is 44.6 Å². The number of fused-ring (bicyclic) bond motifs is 1. The van der Waals surface area contributed by atoms with E-state index in [0.29, 0.717) is 25.6 Å². The molecular formula is C21H25ClN4O2SSi. The SMILES string of the molecule is C[Si](C)(C)C#Cc1c([C@H]2CCOC[C@@H]2N)sc2c(NCc3ccco3)nc(Cl)nc12. The van der Waals surface area contributed by atoms with E-state index in [0.717, 1.165) is 32.8 Å². The number of ether oxygens (including phenoxy) is 1. The van der Waals surface area contributed by atoms with E-state index >= 15 is 0 Å². The Labute approximate surface area is 186 Å². The second-order valence-electron chi connectivity index (χ2n) is 8.43. The zero-order valence-electron chi connectivity index (χ0n) is 17.3. The standard InChI is InChI=1S/C21H25ClN4O2SSi/c1-30(2,3)10-7-15-17-19(29-18(15)14-6-9-27-12-16(14)23)20(26-21(22)25-17)24-11-13-5-4-8-28-13/h4-5,8,14,16H,6,9,11-12,23H2,1-3H3,(H,24,25,26)/t14-,16-/m0/s1. The van der Waals surface area contributed by atoms with Crippen LogP contribution in [-0.2, 0) is 11.3 Å². The number of hydrogen-bond donors (Lipinski definition) is 2. The highest BCUT2D eigenvalue weighted by Gasteiger charge is 2.30. The fourth-order valence-electron chi connectivity index (χ4n) is 3.39. The summed E-state index contributed by atoms with van der Waals surface area (Å²) in [6.45, 7) is 8.45. The van der Waals surface area contributed by atoms with Gasteiger partial charge in [-0.25, -0.2) is 4.98 Å². The molecule has 0 unspecified atom stereocenters. The van der Waals surface area contributed by atoms with Gasteiger partial charge in [0.15, 0.2) is 0 Å². The number of halogens is 1. The van der Waals surface area contributed by atoms with Crippen molar-refractivity contribution >= 4 is 47.0 Å². The Morgan fingerprint density at radius 2 is 2.20 bits per heavy atom. The molecule has 3 aromatic heterocycles. The number of aromatic nitrogens is 2. The van der Waals surface area contributed by atoms with Crippen molar-refractivity contribution in [1.29, 1.82) is 0 Å². The molecule has 0 aliphatic carbocycles. The summed E-state index contributed by atoms with van der Waals surface area (Å²) in [5, 5.41) is 3.54. The minimum absolute atomic E-state index is 0.0674. The van der Waals surface area contributed by atoms with Crippen molar-refractivity contribution in [1.82, 2.24) is 9.97 Å². The van der Waals surface area contributed by atoms with Crippen molar-refractivity contribution < 1.29 is 9.15 Å². The summed E-state index contributed by atoms with van der Waals surface area (Å²) in [5.74, 6) is 5.14. The van der Waals surface area contributed by atoms with Gasteiger partial charge in [0.1, 0.15) is 25.2 Å². The van der Waals surface area contributed by atoms with Gasteiger partial charge in [0.25, 0.3) is 0 Å². The first-order valence-electron chi connectivity index (χ1n) is 9.94. The second-order valence-corrected chi connectivity index (χ2v) is 14.6. The molecule has 1 aliphatic heterocycles. The quantitative estimate of drug-likeness (QED) is 0.336. The average molecular weight is 461 g/mol. The normalized spacial score (nSPS) is 19.5. The first-order valence-corrected chi connectivity index (χ1v) is 14.6. The number of hydrogen-bond acceptors (Lipinski definition) is 7. The Morgan fingerprint density at radius 3 is 2.90 bits per heavy atom. The van der Waals surface area contributed by atoms with E-state index in [1.165, 1.54) is 0 Å². The maximum atomic E-state index is 6.43. The summed E-state index contributed by atoms with van der Waals surface area (Å²) in [6.07, 6.45) is 2.52. The fraction of sp³-hybridized carbons (Fsp3) is 0.429. The van der Waals surface area contributed by atoms with E-state index < -0.39 is 8.07 Å². The van der Waals surface area contributed by atoms with Crippen LogP contribution in [0.3, 0.4) is 0 Å². The molecular weight excluding hydrogens is 436 g/mol. The lowest BCUT2D eigenvalue weighted by molar-refractivity contribution is 0.0703. The molecule has 3 aromatic rings. The Bertz CT molecular complexity index is 1100. The molecule has 4 rings (SSSR count). The van der Waals surface area contributed by atoms with Gasteiger partial charge in [-0.3, -0.25) is 0 Å². The third-order valence-corrected chi connectivity index (χ3v) is 7.20. The fourth-order valence-corrected chi connectivity index (χ4v) is 5.43. The molecule has 0 bridgehead atoms. The van der Waals surface area contributed by atoms with Crippen LogP contribution < -0.4 is 11.1 Å². The van der Waals surface area contributed by atoms with Crippen LogP contribution in [-0.4, -0.2) is 37.3 Å². The molecule has 9 heteroatoms. The number of nitrogens with one attached hydrogen (secondary N) is 1. The van der Waals surface area contributed by atoms with Gasteiger partial charge in [-0.15, -0.1) is 16.9 Å². The third-order valence-electron chi connectivity index (χ3n) is 4.84. The van der Waals surface area contributed by atoms with Crippen LogP contribution in [0.4, 0.5) is 5.82 Å². The first kappa shape index (κ1) is 21.3. The van der Waals surface area contributed by atoms with Gasteiger partial charge < -0.3 is 20.2 Å². The van der Waals surface area contributed by atoms with E-state index in [4.69, 9.17) is 26.5 Å². The molecule has 0 radical (unpaired) electrons. The predicted octanol–water partition coefficient (Wildman–Crippen LogP) is 4.61. The van der Waals surface area contributed by atoms with Crippen LogP contribution in [0.15, 0.2) is 22.8 Å². The molecule has 0 amide bonds. The van der Waals surface area contributed by atoms with Crippen LogP contribution in [0.2, 0.25) is 24.9 Å². The summed E-state index contributed by atoms with van der Waals surface area (Å²) in [4.78, 5) is 10.2. The first-order chi connectivity index (χ1) is 14.3. The van der Waals surface area contributed by atoms with Crippen LogP contribution in [0.5, 0.6) is 0 Å². The van der Waals surface area contributed by atoms with Gasteiger partial charge in [0, 0.05) is 23.4 Å². The van der Waals surface area contributed by atoms with E-state index in [2.05, 4.69) is 46.4 Å². The van der Waals surface area contributed by atoms with Crippen LogP contribution in [0.1, 0.15) is 28.5 Å². The van der Waals surface area contributed by atoms with Gasteiger partial charge in [0.05, 0.1) is 29.7 Å². The smallest absolute Gasteiger partial charge is 0.225 e. The number of nitrogens with two attached hydrogens (primary N) is 1. The Hall–Kier alpha value is -1.89. The maximum absolute atomic E-state index is 6.43. The lowest BCUT2D eigenvalue weighted by Crippen LogP contribution is -2.37. The van der Waals surface area contributed by atoms with Crippen molar-refractivity contribution in [2.75, 3.05) is 18.5 Å². The summed E-state index contributed by atoms with van der Waals surface area (Å²) < 4.78 is 11.9. The number of rotatable bonds is 4. The third kappa shape index (κ3) is 4.71. The van der Waals surface area contributed by atoms with Crippen molar-refractivity contribution in [3.63, 3.8) is 0 Å². The number of nitrogens with zero attached hydrogens (tertiary/aromatic N) is 2. The van der Waals surface area contributed by atoms with Crippen molar-refractivity contribution in [2.24, 2.45) is 5.73 Å². The van der Waals surface area contributed by atoms with E-state index in [9.17, 15) is 0 Å². The molecule has 1 aliphatic rings. The zero-order valence-corrected chi connectivity index (χ0v) is 19.9. The summed E-state index contributed by atoms with van der Waals surface area (Å²) >= 11 is 7.96. The van der Waals surface area contributed by atoms with Gasteiger partial charge in [0.2, 0.25) is 5.28 Å². The van der Waals surface area contributed by atoms with Crippen molar-refractivity contribution in [3.05, 3.63) is 39.9 Å². The summed E-state index contributed by atoms with van der Waals surface area (Å²) in [5.41, 5.74) is 11.6. The average Bonchev–Trinajstić information content (AvgIpc) is 3.32. The highest BCUT2D eigenvalue weighted by molar-refractivity contribution is 7.20. The summed E-state index contributed by atoms with van der Waals surface area (Å²) in [6, 6.07) is 3.71. The van der Waals surface area contributed by atoms with Crippen LogP contribution >= 0.6 is 22.9 Å². The van der Waals surface area contributed by atoms with E-state index in [-0.39, 0.29) is 17.2 Å².